The van der Waals surface area contributed by atoms with Crippen molar-refractivity contribution in [3.8, 4) is 11.5 Å². The van der Waals surface area contributed by atoms with Gasteiger partial charge in [-0.2, -0.15) is 4.31 Å². The molecule has 1 amide bonds. The normalized spacial score (nSPS) is 16.6. The van der Waals surface area contributed by atoms with E-state index in [9.17, 15) is 18.0 Å². The van der Waals surface area contributed by atoms with Gasteiger partial charge in [-0.05, 0) is 38.0 Å². The van der Waals surface area contributed by atoms with E-state index in [0.29, 0.717) is 30.0 Å². The summed E-state index contributed by atoms with van der Waals surface area (Å²) in [4.78, 5) is 25.0. The Bertz CT molecular complexity index is 1110. The molecule has 1 aliphatic rings. The highest BCUT2D eigenvalue weighted by Gasteiger charge is 2.40. The maximum absolute atomic E-state index is 13.3. The molecule has 1 aliphatic heterocycles. The van der Waals surface area contributed by atoms with Crippen LogP contribution in [0.5, 0.6) is 11.5 Å². The maximum Gasteiger partial charge on any atom is 0.354 e. The molecule has 0 unspecified atom stereocenters. The van der Waals surface area contributed by atoms with E-state index < -0.39 is 27.9 Å². The van der Waals surface area contributed by atoms with E-state index in [1.807, 2.05) is 0 Å². The average Bonchev–Trinajstić information content (AvgIpc) is 3.42. The highest BCUT2D eigenvalue weighted by Crippen LogP contribution is 2.32. The molecule has 2 aromatic rings. The number of nitrogens with zero attached hydrogens (tertiary/aromatic N) is 2. The van der Waals surface area contributed by atoms with E-state index in [2.05, 4.69) is 5.32 Å². The van der Waals surface area contributed by atoms with Crippen LogP contribution in [0.15, 0.2) is 35.4 Å². The first-order valence-corrected chi connectivity index (χ1v) is 11.5. The lowest BCUT2D eigenvalue weighted by Gasteiger charge is -2.23. The second-order valence-electron chi connectivity index (χ2n) is 7.22. The molecular formula is C21H27N3O7S. The van der Waals surface area contributed by atoms with Crippen LogP contribution in [0.25, 0.3) is 0 Å². The monoisotopic (exact) mass is 465 g/mol. The minimum atomic E-state index is -4.01. The lowest BCUT2D eigenvalue weighted by atomic mass is 10.2. The number of anilines is 1. The van der Waals surface area contributed by atoms with Gasteiger partial charge in [-0.3, -0.25) is 4.79 Å². The number of hydrogen-bond acceptors (Lipinski definition) is 7. The van der Waals surface area contributed by atoms with Crippen LogP contribution in [0.3, 0.4) is 0 Å². The fourth-order valence-electron chi connectivity index (χ4n) is 3.63. The third-order valence-corrected chi connectivity index (χ3v) is 7.12. The van der Waals surface area contributed by atoms with E-state index in [1.165, 1.54) is 35.4 Å². The highest BCUT2D eigenvalue weighted by atomic mass is 32.2. The van der Waals surface area contributed by atoms with Crippen molar-refractivity contribution in [1.82, 2.24) is 8.87 Å². The van der Waals surface area contributed by atoms with Gasteiger partial charge < -0.3 is 24.1 Å². The number of carbonyl (C=O) groups excluding carboxylic acids is 2. The van der Waals surface area contributed by atoms with Crippen LogP contribution < -0.4 is 14.8 Å². The van der Waals surface area contributed by atoms with Gasteiger partial charge in [-0.1, -0.05) is 0 Å². The number of sulfonamides is 1. The predicted molar refractivity (Wildman–Crippen MR) is 116 cm³/mol. The molecule has 0 saturated carbocycles. The van der Waals surface area contributed by atoms with Crippen molar-refractivity contribution < 1.29 is 32.2 Å². The molecule has 0 aliphatic carbocycles. The van der Waals surface area contributed by atoms with Crippen LogP contribution in [0.2, 0.25) is 0 Å². The highest BCUT2D eigenvalue weighted by molar-refractivity contribution is 7.89. The predicted octanol–water partition coefficient (Wildman–Crippen LogP) is 2.01. The fraction of sp³-hybridized carbons (Fsp3) is 0.429. The molecule has 1 saturated heterocycles. The number of hydrogen-bond donors (Lipinski definition) is 1. The summed E-state index contributed by atoms with van der Waals surface area (Å²) in [6, 6.07) is 5.30. The molecule has 1 atom stereocenters. The first-order valence-electron chi connectivity index (χ1n) is 10.1. The zero-order valence-electron chi connectivity index (χ0n) is 18.5. The van der Waals surface area contributed by atoms with Crippen molar-refractivity contribution in [1.29, 1.82) is 0 Å². The molecular weight excluding hydrogens is 438 g/mol. The molecule has 0 radical (unpaired) electrons. The third kappa shape index (κ3) is 4.58. The number of nitrogens with one attached hydrogen (secondary N) is 1. The molecule has 3 rings (SSSR count). The summed E-state index contributed by atoms with van der Waals surface area (Å²) in [5, 5.41) is 2.75. The quantitative estimate of drug-likeness (QED) is 0.593. The van der Waals surface area contributed by atoms with E-state index in [0.717, 1.165) is 0 Å². The number of carbonyl (C=O) groups is 2. The Hall–Kier alpha value is -3.05. The number of ether oxygens (including phenoxy) is 3. The molecule has 10 nitrogen and oxygen atoms in total. The van der Waals surface area contributed by atoms with Crippen molar-refractivity contribution in [2.45, 2.75) is 30.7 Å². The molecule has 0 bridgehead atoms. The Balaban J connectivity index is 1.84. The summed E-state index contributed by atoms with van der Waals surface area (Å²) in [6.07, 6.45) is 2.26. The van der Waals surface area contributed by atoms with Gasteiger partial charge in [0.25, 0.3) is 0 Å². The first kappa shape index (κ1) is 23.6. The molecule has 174 valence electrons. The molecule has 0 spiro atoms. The Labute approximate surface area is 187 Å². The number of rotatable bonds is 8. The van der Waals surface area contributed by atoms with Crippen LogP contribution in [-0.4, -0.2) is 62.6 Å². The van der Waals surface area contributed by atoms with Crippen molar-refractivity contribution in [2.24, 2.45) is 7.05 Å². The lowest BCUT2D eigenvalue weighted by molar-refractivity contribution is -0.119. The number of esters is 1. The summed E-state index contributed by atoms with van der Waals surface area (Å²) in [7, 11) is 0.541. The van der Waals surface area contributed by atoms with E-state index in [4.69, 9.17) is 14.2 Å². The fourth-order valence-corrected chi connectivity index (χ4v) is 5.35. The summed E-state index contributed by atoms with van der Waals surface area (Å²) in [5.41, 5.74) is 0.528. The smallest absolute Gasteiger partial charge is 0.354 e. The van der Waals surface area contributed by atoms with Crippen LogP contribution in [0.1, 0.15) is 30.3 Å². The molecule has 2 heterocycles. The van der Waals surface area contributed by atoms with Crippen LogP contribution in [-0.2, 0) is 26.6 Å². The summed E-state index contributed by atoms with van der Waals surface area (Å²) in [6.45, 7) is 2.04. The van der Waals surface area contributed by atoms with Gasteiger partial charge in [0.05, 0.1) is 26.5 Å². The van der Waals surface area contributed by atoms with Crippen LogP contribution in [0, 0.1) is 0 Å². The number of benzene rings is 1. The Morgan fingerprint density at radius 1 is 1.19 bits per heavy atom. The van der Waals surface area contributed by atoms with Gasteiger partial charge in [0.15, 0.2) is 0 Å². The molecule has 11 heteroatoms. The van der Waals surface area contributed by atoms with E-state index in [1.54, 1.807) is 32.2 Å². The number of aryl methyl sites for hydroxylation is 1. The largest absolute Gasteiger partial charge is 0.497 e. The molecule has 1 aromatic heterocycles. The van der Waals surface area contributed by atoms with Crippen molar-refractivity contribution in [3.63, 3.8) is 0 Å². The zero-order chi connectivity index (χ0) is 23.5. The van der Waals surface area contributed by atoms with Gasteiger partial charge in [0.1, 0.15) is 28.1 Å². The number of amides is 1. The van der Waals surface area contributed by atoms with E-state index in [-0.39, 0.29) is 23.7 Å². The summed E-state index contributed by atoms with van der Waals surface area (Å²) < 4.78 is 44.6. The van der Waals surface area contributed by atoms with Gasteiger partial charge >= 0.3 is 5.97 Å². The summed E-state index contributed by atoms with van der Waals surface area (Å²) in [5.74, 6) is -0.117. The second-order valence-corrected chi connectivity index (χ2v) is 9.11. The number of methoxy groups -OCH3 is 2. The summed E-state index contributed by atoms with van der Waals surface area (Å²) >= 11 is 0. The van der Waals surface area contributed by atoms with E-state index >= 15 is 0 Å². The molecule has 1 fully saturated rings. The van der Waals surface area contributed by atoms with Gasteiger partial charge in [-0.25, -0.2) is 13.2 Å². The van der Waals surface area contributed by atoms with Crippen LogP contribution in [0.4, 0.5) is 5.69 Å². The minimum Gasteiger partial charge on any atom is -0.497 e. The van der Waals surface area contributed by atoms with Gasteiger partial charge in [0.2, 0.25) is 15.9 Å². The lowest BCUT2D eigenvalue weighted by Crippen LogP contribution is -2.43. The SMILES string of the molecule is CCOC(=O)c1cc(S(=O)(=O)N2CCC[C@@H]2C(=O)Nc2ccc(OC)cc2OC)cn1C. The Morgan fingerprint density at radius 2 is 1.94 bits per heavy atom. The van der Waals surface area contributed by atoms with Crippen molar-refractivity contribution >= 4 is 27.6 Å². The molecule has 1 aromatic carbocycles. The molecule has 32 heavy (non-hydrogen) atoms. The third-order valence-electron chi connectivity index (χ3n) is 5.24. The number of aromatic nitrogens is 1. The van der Waals surface area contributed by atoms with Crippen LogP contribution >= 0.6 is 0 Å². The standard InChI is InChI=1S/C21H27N3O7S/c1-5-31-21(26)18-12-15(13-23(18)2)32(27,28)24-10-6-7-17(24)20(25)22-16-9-8-14(29-3)11-19(16)30-4/h8-9,11-13,17H,5-7,10H2,1-4H3,(H,22,25)/t17-/m1/s1. The minimum absolute atomic E-state index is 0.0650. The Morgan fingerprint density at radius 3 is 2.59 bits per heavy atom. The Kier molecular flexibility index (Phi) is 7.09. The second kappa shape index (κ2) is 9.61. The van der Waals surface area contributed by atoms with Gasteiger partial charge in [-0.15, -0.1) is 0 Å². The van der Waals surface area contributed by atoms with Crippen molar-refractivity contribution in [2.75, 3.05) is 32.7 Å². The topological polar surface area (TPSA) is 116 Å². The zero-order valence-corrected chi connectivity index (χ0v) is 19.3. The van der Waals surface area contributed by atoms with Crippen molar-refractivity contribution in [3.05, 3.63) is 36.2 Å². The first-order chi connectivity index (χ1) is 15.2. The molecule has 1 N–H and O–H groups in total. The maximum atomic E-state index is 13.3. The average molecular weight is 466 g/mol. The van der Waals surface area contributed by atoms with Gasteiger partial charge in [0, 0.05) is 25.9 Å².